The zero-order chi connectivity index (χ0) is 15.4. The van der Waals surface area contributed by atoms with Crippen LogP contribution >= 0.6 is 0 Å². The molecule has 1 atom stereocenters. The lowest BCUT2D eigenvalue weighted by Crippen LogP contribution is -2.42. The Bertz CT molecular complexity index is 441. The van der Waals surface area contributed by atoms with E-state index in [9.17, 15) is 14.7 Å². The van der Waals surface area contributed by atoms with Crippen LogP contribution in [-0.4, -0.2) is 34.2 Å². The lowest BCUT2D eigenvalue weighted by molar-refractivity contribution is -0.110. The summed E-state index contributed by atoms with van der Waals surface area (Å²) in [7, 11) is 0. The minimum absolute atomic E-state index is 0.176. The van der Waals surface area contributed by atoms with E-state index in [4.69, 9.17) is 4.74 Å². The predicted molar refractivity (Wildman–Crippen MR) is 76.2 cm³/mol. The maximum absolute atomic E-state index is 11.7. The zero-order valence-electron chi connectivity index (χ0n) is 12.1. The van der Waals surface area contributed by atoms with Crippen LogP contribution in [0, 0.1) is 0 Å². The first-order chi connectivity index (χ1) is 9.13. The van der Waals surface area contributed by atoms with Gasteiger partial charge in [-0.1, -0.05) is 6.08 Å². The molecule has 0 aliphatic heterocycles. The third-order valence-electron chi connectivity index (χ3n) is 2.61. The molecule has 0 saturated heterocycles. The average molecular weight is 279 g/mol. The van der Waals surface area contributed by atoms with Gasteiger partial charge in [0.15, 0.2) is 5.78 Å². The molecule has 20 heavy (non-hydrogen) atoms. The lowest BCUT2D eigenvalue weighted by Gasteiger charge is -2.28. The normalized spacial score (nSPS) is 18.5. The molecule has 110 valence electrons. The fourth-order valence-electron chi connectivity index (χ4n) is 1.70. The van der Waals surface area contributed by atoms with E-state index in [2.05, 4.69) is 11.9 Å². The summed E-state index contributed by atoms with van der Waals surface area (Å²) in [5, 5.41) is 12.9. The number of amides is 1. The predicted octanol–water partition coefficient (Wildman–Crippen LogP) is 1.88. The summed E-state index contributed by atoms with van der Waals surface area (Å²) in [5.41, 5.74) is -1.87. The number of ketones is 1. The maximum atomic E-state index is 11.7. The number of hydrogen-bond donors (Lipinski definition) is 2. The van der Waals surface area contributed by atoms with Crippen LogP contribution < -0.4 is 5.32 Å². The van der Waals surface area contributed by atoms with Crippen LogP contribution in [0.25, 0.3) is 0 Å². The van der Waals surface area contributed by atoms with Gasteiger partial charge < -0.3 is 15.2 Å². The van der Waals surface area contributed by atoms with Crippen molar-refractivity contribution in [2.75, 3.05) is 0 Å². The molecule has 0 fully saturated rings. The quantitative estimate of drug-likeness (QED) is 0.770. The first-order valence-electron chi connectivity index (χ1n) is 6.40. The number of carbonyl (C=O) groups is 2. The highest BCUT2D eigenvalue weighted by Crippen LogP contribution is 2.20. The van der Waals surface area contributed by atoms with Crippen molar-refractivity contribution >= 4 is 11.9 Å². The molecular weight excluding hydrogens is 258 g/mol. The maximum Gasteiger partial charge on any atom is 0.408 e. The third kappa shape index (κ3) is 5.40. The van der Waals surface area contributed by atoms with Crippen molar-refractivity contribution in [2.24, 2.45) is 0 Å². The number of nitrogens with one attached hydrogen (secondary N) is 1. The Morgan fingerprint density at radius 2 is 2.05 bits per heavy atom. The number of aliphatic hydroxyl groups is 1. The SMILES string of the molecule is C=C[C@H](CC1(O)C=CC(=O)C=C1)NC(=O)OC(C)(C)C. The van der Waals surface area contributed by atoms with E-state index in [1.807, 2.05) is 0 Å². The Morgan fingerprint density at radius 1 is 1.50 bits per heavy atom. The fraction of sp³-hybridized carbons (Fsp3) is 0.467. The van der Waals surface area contributed by atoms with E-state index in [1.54, 1.807) is 20.8 Å². The van der Waals surface area contributed by atoms with E-state index in [0.29, 0.717) is 0 Å². The monoisotopic (exact) mass is 279 g/mol. The van der Waals surface area contributed by atoms with Crippen LogP contribution in [-0.2, 0) is 9.53 Å². The summed E-state index contributed by atoms with van der Waals surface area (Å²) in [6.07, 6.45) is 6.52. The van der Waals surface area contributed by atoms with E-state index in [0.717, 1.165) is 0 Å². The molecule has 0 spiro atoms. The minimum Gasteiger partial charge on any atom is -0.444 e. The molecule has 5 heteroatoms. The molecule has 0 radical (unpaired) electrons. The van der Waals surface area contributed by atoms with E-state index in [1.165, 1.54) is 30.4 Å². The molecule has 0 saturated carbocycles. The first-order valence-corrected chi connectivity index (χ1v) is 6.40. The standard InChI is InChI=1S/C15H21NO4/c1-5-11(16-13(18)20-14(2,3)4)10-15(19)8-6-12(17)7-9-15/h5-9,11,19H,1,10H2,2-4H3,(H,16,18)/t11-/m1/s1. The Kier molecular flexibility index (Phi) is 4.89. The van der Waals surface area contributed by atoms with Crippen molar-refractivity contribution in [3.8, 4) is 0 Å². The zero-order valence-corrected chi connectivity index (χ0v) is 12.1. The average Bonchev–Trinajstić information content (AvgIpc) is 2.30. The van der Waals surface area contributed by atoms with Gasteiger partial charge >= 0.3 is 6.09 Å². The number of rotatable bonds is 4. The molecule has 2 N–H and O–H groups in total. The highest BCUT2D eigenvalue weighted by molar-refractivity contribution is 6.00. The first kappa shape index (κ1) is 16.2. The largest absolute Gasteiger partial charge is 0.444 e. The Balaban J connectivity index is 2.62. The summed E-state index contributed by atoms with van der Waals surface area (Å²) >= 11 is 0. The van der Waals surface area contributed by atoms with Crippen LogP contribution in [0.2, 0.25) is 0 Å². The van der Waals surface area contributed by atoms with Crippen LogP contribution in [0.5, 0.6) is 0 Å². The molecule has 1 rings (SSSR count). The number of carbonyl (C=O) groups excluding carboxylic acids is 2. The lowest BCUT2D eigenvalue weighted by atomic mass is 9.90. The van der Waals surface area contributed by atoms with E-state index >= 15 is 0 Å². The van der Waals surface area contributed by atoms with Gasteiger partial charge in [-0.05, 0) is 45.1 Å². The number of alkyl carbamates (subject to hydrolysis) is 1. The second kappa shape index (κ2) is 6.05. The molecule has 0 aromatic rings. The van der Waals surface area contributed by atoms with Gasteiger partial charge in [-0.2, -0.15) is 0 Å². The van der Waals surface area contributed by atoms with Crippen LogP contribution in [0.15, 0.2) is 37.0 Å². The molecule has 0 bridgehead atoms. The van der Waals surface area contributed by atoms with Gasteiger partial charge in [0.2, 0.25) is 0 Å². The molecule has 1 amide bonds. The minimum atomic E-state index is -1.28. The van der Waals surface area contributed by atoms with Crippen molar-refractivity contribution in [3.05, 3.63) is 37.0 Å². The van der Waals surface area contributed by atoms with Gasteiger partial charge in [0.25, 0.3) is 0 Å². The Hall–Kier alpha value is -1.88. The van der Waals surface area contributed by atoms with E-state index in [-0.39, 0.29) is 12.2 Å². The summed E-state index contributed by atoms with van der Waals surface area (Å²) in [5.74, 6) is -0.176. The van der Waals surface area contributed by atoms with Crippen LogP contribution in [0.4, 0.5) is 4.79 Å². The summed E-state index contributed by atoms with van der Waals surface area (Å²) in [6, 6.07) is -0.475. The highest BCUT2D eigenvalue weighted by atomic mass is 16.6. The van der Waals surface area contributed by atoms with Crippen molar-refractivity contribution in [1.82, 2.24) is 5.32 Å². The van der Waals surface area contributed by atoms with Gasteiger partial charge in [-0.3, -0.25) is 4.79 Å². The number of hydrogen-bond acceptors (Lipinski definition) is 4. The topological polar surface area (TPSA) is 75.6 Å². The molecule has 0 heterocycles. The van der Waals surface area contributed by atoms with Gasteiger partial charge in [0, 0.05) is 6.42 Å². The van der Waals surface area contributed by atoms with Crippen LogP contribution in [0.1, 0.15) is 27.2 Å². The molecule has 0 aromatic heterocycles. The Labute approximate surface area is 119 Å². The van der Waals surface area contributed by atoms with Crippen molar-refractivity contribution in [1.29, 1.82) is 0 Å². The molecule has 1 aliphatic carbocycles. The summed E-state index contributed by atoms with van der Waals surface area (Å²) < 4.78 is 5.14. The molecule has 0 unspecified atom stereocenters. The Morgan fingerprint density at radius 3 is 2.50 bits per heavy atom. The summed E-state index contributed by atoms with van der Waals surface area (Å²) in [4.78, 5) is 22.7. The molecule has 5 nitrogen and oxygen atoms in total. The molecular formula is C15H21NO4. The van der Waals surface area contributed by atoms with Crippen molar-refractivity contribution in [3.63, 3.8) is 0 Å². The smallest absolute Gasteiger partial charge is 0.408 e. The van der Waals surface area contributed by atoms with Gasteiger partial charge in [-0.25, -0.2) is 4.79 Å². The highest BCUT2D eigenvalue weighted by Gasteiger charge is 2.28. The van der Waals surface area contributed by atoms with Gasteiger partial charge in [0.05, 0.1) is 6.04 Å². The second-order valence-electron chi connectivity index (χ2n) is 5.75. The third-order valence-corrected chi connectivity index (χ3v) is 2.61. The van der Waals surface area contributed by atoms with Gasteiger partial charge in [0.1, 0.15) is 11.2 Å². The van der Waals surface area contributed by atoms with Crippen LogP contribution in [0.3, 0.4) is 0 Å². The number of ether oxygens (including phenoxy) is 1. The molecule has 1 aliphatic rings. The van der Waals surface area contributed by atoms with Crippen molar-refractivity contribution < 1.29 is 19.4 Å². The fourth-order valence-corrected chi connectivity index (χ4v) is 1.70. The van der Waals surface area contributed by atoms with Crippen molar-refractivity contribution in [2.45, 2.75) is 44.4 Å². The molecule has 0 aromatic carbocycles. The second-order valence-corrected chi connectivity index (χ2v) is 5.75. The number of allylic oxidation sites excluding steroid dienone is 2. The van der Waals surface area contributed by atoms with Gasteiger partial charge in [-0.15, -0.1) is 6.58 Å². The summed E-state index contributed by atoms with van der Waals surface area (Å²) in [6.45, 7) is 8.92. The van der Waals surface area contributed by atoms with E-state index < -0.39 is 23.3 Å².